The van der Waals surface area contributed by atoms with Gasteiger partial charge in [0.05, 0.1) is 34.4 Å². The van der Waals surface area contributed by atoms with Crippen LogP contribution in [0.2, 0.25) is 0 Å². The van der Waals surface area contributed by atoms with Crippen LogP contribution in [-0.4, -0.2) is 72.6 Å². The highest BCUT2D eigenvalue weighted by Crippen LogP contribution is 2.47. The average molecular weight is 836 g/mol. The molecule has 1 aromatic heterocycles. The minimum Gasteiger partial charge on any atom is -0.505 e. The average Bonchev–Trinajstić information content (AvgIpc) is 3.13. The first-order chi connectivity index (χ1) is 26.8. The lowest BCUT2D eigenvalue weighted by Gasteiger charge is -2.16. The van der Waals surface area contributed by atoms with Crippen LogP contribution in [0.1, 0.15) is 21.7 Å². The van der Waals surface area contributed by atoms with Gasteiger partial charge < -0.3 is 25.6 Å². The Balaban J connectivity index is 1.48. The summed E-state index contributed by atoms with van der Waals surface area (Å²) >= 11 is 0. The predicted octanol–water partition coefficient (Wildman–Crippen LogP) is 6.12. The van der Waals surface area contributed by atoms with Crippen molar-refractivity contribution in [2.75, 3.05) is 17.7 Å². The van der Waals surface area contributed by atoms with Gasteiger partial charge in [0.2, 0.25) is 11.9 Å². The first-order valence-electron chi connectivity index (χ1n) is 16.1. The third-order valence-corrected chi connectivity index (χ3v) is 11.5. The number of sulfone groups is 1. The highest BCUT2D eigenvalue weighted by atomic mass is 32.2. The quantitative estimate of drug-likeness (QED) is 0.0564. The fraction of sp³-hybridized carbons (Fsp3) is 0.0857. The number of aromatic carboxylic acids is 1. The number of carboxylic acid groups (broad SMARTS) is 1. The van der Waals surface area contributed by atoms with E-state index in [0.29, 0.717) is 17.3 Å². The van der Waals surface area contributed by atoms with Crippen LogP contribution in [0, 0.1) is 6.92 Å². The number of aromatic hydroxyl groups is 1. The Bertz CT molecular complexity index is 2930. The summed E-state index contributed by atoms with van der Waals surface area (Å²) in [5, 5.41) is 33.3. The second kappa shape index (κ2) is 15.5. The molecule has 0 saturated heterocycles. The molecular formula is C35H29N7O12S3. The lowest BCUT2D eigenvalue weighted by Crippen LogP contribution is -2.07. The Morgan fingerprint density at radius 2 is 1.42 bits per heavy atom. The summed E-state index contributed by atoms with van der Waals surface area (Å²) in [6, 6.07) is 20.2. The van der Waals surface area contributed by atoms with E-state index in [1.807, 2.05) is 0 Å². The maximum Gasteiger partial charge on any atom is 0.335 e. The normalized spacial score (nSPS) is 12.1. The number of methoxy groups -OCH3 is 1. The predicted molar refractivity (Wildman–Crippen MR) is 204 cm³/mol. The topological polar surface area (TPSA) is 297 Å². The number of phenols is 1. The number of azo groups is 1. The van der Waals surface area contributed by atoms with Crippen molar-refractivity contribution in [3.63, 3.8) is 0 Å². The van der Waals surface area contributed by atoms with Gasteiger partial charge in [-0.05, 0) is 73.2 Å². The van der Waals surface area contributed by atoms with E-state index in [1.54, 1.807) is 30.3 Å². The van der Waals surface area contributed by atoms with E-state index in [-0.39, 0.29) is 51.1 Å². The van der Waals surface area contributed by atoms with E-state index in [4.69, 9.17) is 4.74 Å². The number of nitrogens with zero attached hydrogens (tertiary/aromatic N) is 5. The molecular weight excluding hydrogens is 807 g/mol. The SMILES string of the molecule is COc1ccc(S(=O)(=O)Cc2ccccc2)cc1N=Nc1c(S(=O)(=O)O)cc2c(S(=O)(=O)O)ccc(Nc3nc(C)nc(Nc4ccc(C(=O)O)cc4)n3)c2c1O. The number of anilines is 4. The number of fused-ring (bicyclic) bond motifs is 1. The van der Waals surface area contributed by atoms with Crippen LogP contribution in [0.5, 0.6) is 11.5 Å². The molecule has 0 atom stereocenters. The first-order valence-corrected chi connectivity index (χ1v) is 20.6. The number of hydrogen-bond donors (Lipinski definition) is 6. The molecule has 0 fully saturated rings. The van der Waals surface area contributed by atoms with Crippen LogP contribution < -0.4 is 15.4 Å². The number of aryl methyl sites for hydroxylation is 1. The monoisotopic (exact) mass is 835 g/mol. The molecule has 6 N–H and O–H groups in total. The van der Waals surface area contributed by atoms with Crippen LogP contribution in [0.4, 0.5) is 34.6 Å². The van der Waals surface area contributed by atoms with Crippen LogP contribution in [0.15, 0.2) is 116 Å². The standard InChI is InChI=1S/C35H29N7O12S3/c1-19-36-34(38-22-10-8-21(9-11-22)33(44)45)40-35(37-19)39-25-13-15-28(56(48,49)50)24-17-29(57(51,52)53)31(32(43)30(24)25)42-41-26-16-23(12-14-27(26)54-2)55(46,47)18-20-6-4-3-5-7-20/h3-17,43H,18H2,1-2H3,(H,44,45)(H,48,49,50)(H,51,52,53)(H2,36,37,38,39,40). The molecule has 0 amide bonds. The van der Waals surface area contributed by atoms with Crippen molar-refractivity contribution in [2.24, 2.45) is 10.2 Å². The fourth-order valence-electron chi connectivity index (χ4n) is 5.52. The molecule has 0 radical (unpaired) electrons. The van der Waals surface area contributed by atoms with Crippen molar-refractivity contribution < 1.29 is 54.1 Å². The number of rotatable bonds is 13. The van der Waals surface area contributed by atoms with E-state index in [9.17, 15) is 49.4 Å². The van der Waals surface area contributed by atoms with E-state index in [1.165, 1.54) is 50.4 Å². The van der Waals surface area contributed by atoms with Crippen LogP contribution in [0.3, 0.4) is 0 Å². The zero-order valence-electron chi connectivity index (χ0n) is 29.4. The van der Waals surface area contributed by atoms with Gasteiger partial charge in [0.1, 0.15) is 32.7 Å². The fourth-order valence-corrected chi connectivity index (χ4v) is 8.21. The van der Waals surface area contributed by atoms with Crippen molar-refractivity contribution in [1.82, 2.24) is 15.0 Å². The van der Waals surface area contributed by atoms with E-state index >= 15 is 0 Å². The first kappa shape index (κ1) is 40.1. The molecule has 5 aromatic carbocycles. The third kappa shape index (κ3) is 8.95. The van der Waals surface area contributed by atoms with Crippen molar-refractivity contribution >= 4 is 81.5 Å². The molecule has 0 aliphatic carbocycles. The number of carboxylic acids is 1. The molecule has 0 unspecified atom stereocenters. The summed E-state index contributed by atoms with van der Waals surface area (Å²) in [5.41, 5.74) is -0.390. The molecule has 0 aliphatic rings. The molecule has 57 heavy (non-hydrogen) atoms. The minimum atomic E-state index is -5.33. The summed E-state index contributed by atoms with van der Waals surface area (Å²) in [6.07, 6.45) is 0. The lowest BCUT2D eigenvalue weighted by atomic mass is 10.1. The van der Waals surface area contributed by atoms with Gasteiger partial charge in [-0.1, -0.05) is 30.3 Å². The van der Waals surface area contributed by atoms with Crippen LogP contribution >= 0.6 is 0 Å². The zero-order chi connectivity index (χ0) is 41.3. The van der Waals surface area contributed by atoms with Gasteiger partial charge in [0.25, 0.3) is 20.2 Å². The van der Waals surface area contributed by atoms with Crippen molar-refractivity contribution in [3.8, 4) is 11.5 Å². The number of hydrogen-bond acceptors (Lipinski definition) is 16. The van der Waals surface area contributed by atoms with Gasteiger partial charge in [-0.15, -0.1) is 10.2 Å². The summed E-state index contributed by atoms with van der Waals surface area (Å²) < 4.78 is 103. The Morgan fingerprint density at radius 1 is 0.772 bits per heavy atom. The Hall–Kier alpha value is -6.59. The number of carbonyl (C=O) groups is 1. The van der Waals surface area contributed by atoms with E-state index < -0.39 is 68.0 Å². The molecule has 6 rings (SSSR count). The second-order valence-corrected chi connectivity index (χ2v) is 16.8. The highest BCUT2D eigenvalue weighted by Gasteiger charge is 2.28. The Labute approximate surface area is 324 Å². The van der Waals surface area contributed by atoms with Gasteiger partial charge in [0.15, 0.2) is 15.6 Å². The summed E-state index contributed by atoms with van der Waals surface area (Å²) in [5.74, 6) is -2.65. The van der Waals surface area contributed by atoms with Gasteiger partial charge in [-0.2, -0.15) is 31.8 Å². The maximum absolute atomic E-state index is 13.3. The molecule has 19 nitrogen and oxygen atoms in total. The molecule has 6 aromatic rings. The largest absolute Gasteiger partial charge is 0.505 e. The molecule has 1 heterocycles. The van der Waals surface area contributed by atoms with Gasteiger partial charge in [0, 0.05) is 11.1 Å². The number of aromatic nitrogens is 3. The lowest BCUT2D eigenvalue weighted by molar-refractivity contribution is 0.0696. The Kier molecular flexibility index (Phi) is 10.9. The minimum absolute atomic E-state index is 0.0189. The zero-order valence-corrected chi connectivity index (χ0v) is 31.8. The number of benzene rings is 5. The summed E-state index contributed by atoms with van der Waals surface area (Å²) in [7, 11) is -13.2. The van der Waals surface area contributed by atoms with E-state index in [0.717, 1.165) is 18.2 Å². The number of ether oxygens (including phenoxy) is 1. The molecule has 0 saturated carbocycles. The molecule has 294 valence electrons. The highest BCUT2D eigenvalue weighted by molar-refractivity contribution is 7.90. The van der Waals surface area contributed by atoms with Crippen LogP contribution in [0.25, 0.3) is 10.8 Å². The smallest absolute Gasteiger partial charge is 0.335 e. The van der Waals surface area contributed by atoms with E-state index in [2.05, 4.69) is 35.8 Å². The van der Waals surface area contributed by atoms with Crippen molar-refractivity contribution in [3.05, 3.63) is 108 Å². The molecule has 0 spiro atoms. The van der Waals surface area contributed by atoms with Crippen LogP contribution in [-0.2, 0) is 35.8 Å². The number of phenolic OH excluding ortho intramolecular Hbond substituents is 1. The summed E-state index contributed by atoms with van der Waals surface area (Å²) in [4.78, 5) is 21.7. The molecule has 0 aliphatic heterocycles. The van der Waals surface area contributed by atoms with Crippen molar-refractivity contribution in [2.45, 2.75) is 27.4 Å². The second-order valence-electron chi connectivity index (χ2n) is 12.0. The van der Waals surface area contributed by atoms with Gasteiger partial charge in [-0.25, -0.2) is 13.2 Å². The maximum atomic E-state index is 13.3. The van der Waals surface area contributed by atoms with Crippen molar-refractivity contribution in [1.29, 1.82) is 0 Å². The van der Waals surface area contributed by atoms with Gasteiger partial charge >= 0.3 is 5.97 Å². The number of nitrogens with one attached hydrogen (secondary N) is 2. The Morgan fingerprint density at radius 3 is 2.04 bits per heavy atom. The molecule has 22 heteroatoms. The van der Waals surface area contributed by atoms with Gasteiger partial charge in [-0.3, -0.25) is 9.11 Å². The molecule has 0 bridgehead atoms. The third-order valence-electron chi connectivity index (χ3n) is 8.08. The summed E-state index contributed by atoms with van der Waals surface area (Å²) in [6.45, 7) is 1.51.